The van der Waals surface area contributed by atoms with E-state index in [4.69, 9.17) is 21.1 Å². The Balaban J connectivity index is 1.86. The summed E-state index contributed by atoms with van der Waals surface area (Å²) in [5.41, 5.74) is 2.97. The molecule has 0 heterocycles. The summed E-state index contributed by atoms with van der Waals surface area (Å²) in [7, 11) is 2.84. The van der Waals surface area contributed by atoms with Gasteiger partial charge in [0, 0.05) is 15.7 Å². The van der Waals surface area contributed by atoms with Gasteiger partial charge in [0.25, 0.3) is 0 Å². The molecule has 6 nitrogen and oxygen atoms in total. The SMILES string of the molecule is COC(=O)N/N=C/c1ccc(OCCSc2ccc(Cl)cc2)c(OC)c1. The summed E-state index contributed by atoms with van der Waals surface area (Å²) in [4.78, 5) is 12.1. The van der Waals surface area contributed by atoms with Crippen molar-refractivity contribution in [1.82, 2.24) is 5.43 Å². The zero-order valence-corrected chi connectivity index (χ0v) is 16.0. The first kappa shape index (κ1) is 19.9. The predicted octanol–water partition coefficient (Wildman–Crippen LogP) is 4.21. The summed E-state index contributed by atoms with van der Waals surface area (Å²) in [6, 6.07) is 13.1. The molecule has 0 radical (unpaired) electrons. The van der Waals surface area contributed by atoms with Crippen LogP contribution in [0.25, 0.3) is 0 Å². The number of nitrogens with zero attached hydrogens (tertiary/aromatic N) is 1. The van der Waals surface area contributed by atoms with Crippen LogP contribution in [0.2, 0.25) is 5.02 Å². The summed E-state index contributed by atoms with van der Waals surface area (Å²) in [5.74, 6) is 2.02. The van der Waals surface area contributed by atoms with Gasteiger partial charge in [-0.15, -0.1) is 11.8 Å². The second-order valence-electron chi connectivity index (χ2n) is 4.92. The number of carbonyl (C=O) groups excluding carboxylic acids is 1. The third kappa shape index (κ3) is 6.50. The van der Waals surface area contributed by atoms with E-state index in [1.807, 2.05) is 30.3 Å². The Bertz CT molecular complexity index is 753. The molecule has 26 heavy (non-hydrogen) atoms. The fraction of sp³-hybridized carbons (Fsp3) is 0.222. The highest BCUT2D eigenvalue weighted by atomic mass is 35.5. The maximum atomic E-state index is 10.9. The van der Waals surface area contributed by atoms with E-state index in [1.54, 1.807) is 31.0 Å². The second-order valence-corrected chi connectivity index (χ2v) is 6.53. The lowest BCUT2D eigenvalue weighted by molar-refractivity contribution is 0.171. The van der Waals surface area contributed by atoms with E-state index in [9.17, 15) is 4.79 Å². The van der Waals surface area contributed by atoms with Crippen LogP contribution in [0, 0.1) is 0 Å². The standard InChI is InChI=1S/C18H19ClN2O4S/c1-23-17-11-13(12-20-21-18(22)24-2)3-8-16(17)25-9-10-26-15-6-4-14(19)5-7-15/h3-8,11-12H,9-10H2,1-2H3,(H,21,22)/b20-12+. The molecular formula is C18H19ClN2O4S. The van der Waals surface area contributed by atoms with E-state index in [0.29, 0.717) is 18.1 Å². The van der Waals surface area contributed by atoms with Crippen LogP contribution >= 0.6 is 23.4 Å². The molecule has 1 amide bonds. The zero-order chi connectivity index (χ0) is 18.8. The van der Waals surface area contributed by atoms with Crippen molar-refractivity contribution in [3.8, 4) is 11.5 Å². The number of thioether (sulfide) groups is 1. The monoisotopic (exact) mass is 394 g/mol. The van der Waals surface area contributed by atoms with Crippen molar-refractivity contribution in [3.05, 3.63) is 53.1 Å². The molecule has 2 aromatic rings. The first-order chi connectivity index (χ1) is 12.6. The molecular weight excluding hydrogens is 376 g/mol. The van der Waals surface area contributed by atoms with Crippen molar-refractivity contribution >= 4 is 35.7 Å². The normalized spacial score (nSPS) is 10.6. The van der Waals surface area contributed by atoms with Crippen LogP contribution in [0.1, 0.15) is 5.56 Å². The van der Waals surface area contributed by atoms with Gasteiger partial charge in [-0.1, -0.05) is 11.6 Å². The minimum Gasteiger partial charge on any atom is -0.493 e. The maximum Gasteiger partial charge on any atom is 0.427 e. The number of ether oxygens (including phenoxy) is 3. The third-order valence-electron chi connectivity index (χ3n) is 3.17. The first-order valence-electron chi connectivity index (χ1n) is 7.68. The molecule has 0 aromatic heterocycles. The number of hydrogen-bond acceptors (Lipinski definition) is 6. The van der Waals surface area contributed by atoms with Gasteiger partial charge in [-0.25, -0.2) is 10.2 Å². The van der Waals surface area contributed by atoms with Crippen LogP contribution in [0.3, 0.4) is 0 Å². The molecule has 1 N–H and O–H groups in total. The minimum atomic E-state index is -0.633. The highest BCUT2D eigenvalue weighted by Crippen LogP contribution is 2.28. The van der Waals surface area contributed by atoms with Gasteiger partial charge in [0.05, 0.1) is 27.0 Å². The van der Waals surface area contributed by atoms with Gasteiger partial charge in [0.15, 0.2) is 11.5 Å². The van der Waals surface area contributed by atoms with Crippen LogP contribution < -0.4 is 14.9 Å². The average molecular weight is 395 g/mol. The Morgan fingerprint density at radius 3 is 2.65 bits per heavy atom. The van der Waals surface area contributed by atoms with Gasteiger partial charge in [0.2, 0.25) is 0 Å². The number of nitrogens with one attached hydrogen (secondary N) is 1. The molecule has 0 saturated heterocycles. The lowest BCUT2D eigenvalue weighted by atomic mass is 10.2. The van der Waals surface area contributed by atoms with E-state index in [0.717, 1.165) is 21.2 Å². The number of benzene rings is 2. The number of amides is 1. The molecule has 0 aliphatic carbocycles. The highest BCUT2D eigenvalue weighted by Gasteiger charge is 2.05. The number of hydrogen-bond donors (Lipinski definition) is 1. The Labute approximate surface area is 161 Å². The van der Waals surface area contributed by atoms with E-state index < -0.39 is 6.09 Å². The van der Waals surface area contributed by atoms with Crippen molar-refractivity contribution in [2.24, 2.45) is 5.10 Å². The molecule has 0 spiro atoms. The van der Waals surface area contributed by atoms with Crippen LogP contribution in [-0.4, -0.2) is 38.9 Å². The van der Waals surface area contributed by atoms with Gasteiger partial charge in [0.1, 0.15) is 0 Å². The summed E-state index contributed by atoms with van der Waals surface area (Å²) < 4.78 is 15.6. The molecule has 2 aromatic carbocycles. The van der Waals surface area contributed by atoms with Crippen LogP contribution in [0.15, 0.2) is 52.5 Å². The topological polar surface area (TPSA) is 69.2 Å². The largest absolute Gasteiger partial charge is 0.493 e. The van der Waals surface area contributed by atoms with Crippen molar-refractivity contribution in [2.75, 3.05) is 26.6 Å². The number of hydrazone groups is 1. The van der Waals surface area contributed by atoms with Crippen molar-refractivity contribution in [2.45, 2.75) is 4.90 Å². The summed E-state index contributed by atoms with van der Waals surface area (Å²) in [5, 5.41) is 4.50. The molecule has 0 unspecified atom stereocenters. The fourth-order valence-corrected chi connectivity index (χ4v) is 2.79. The van der Waals surface area contributed by atoms with Gasteiger partial charge >= 0.3 is 6.09 Å². The number of methoxy groups -OCH3 is 2. The molecule has 0 atom stereocenters. The van der Waals surface area contributed by atoms with Crippen molar-refractivity contribution < 1.29 is 19.0 Å². The molecule has 0 aliphatic rings. The van der Waals surface area contributed by atoms with Crippen molar-refractivity contribution in [3.63, 3.8) is 0 Å². The Morgan fingerprint density at radius 2 is 1.96 bits per heavy atom. The van der Waals surface area contributed by atoms with E-state index in [-0.39, 0.29) is 0 Å². The van der Waals surface area contributed by atoms with E-state index in [1.165, 1.54) is 13.3 Å². The van der Waals surface area contributed by atoms with Crippen LogP contribution in [-0.2, 0) is 4.74 Å². The van der Waals surface area contributed by atoms with Gasteiger partial charge in [-0.2, -0.15) is 5.10 Å². The lowest BCUT2D eigenvalue weighted by Gasteiger charge is -2.11. The van der Waals surface area contributed by atoms with Crippen LogP contribution in [0.5, 0.6) is 11.5 Å². The van der Waals surface area contributed by atoms with Gasteiger partial charge < -0.3 is 14.2 Å². The zero-order valence-electron chi connectivity index (χ0n) is 14.4. The maximum absolute atomic E-state index is 10.9. The Hall–Kier alpha value is -2.38. The Morgan fingerprint density at radius 1 is 1.19 bits per heavy atom. The van der Waals surface area contributed by atoms with Crippen molar-refractivity contribution in [1.29, 1.82) is 0 Å². The number of carbonyl (C=O) groups is 1. The fourth-order valence-electron chi connectivity index (χ4n) is 1.93. The highest BCUT2D eigenvalue weighted by molar-refractivity contribution is 7.99. The molecule has 2 rings (SSSR count). The quantitative estimate of drug-likeness (QED) is 0.314. The summed E-state index contributed by atoms with van der Waals surface area (Å²) >= 11 is 7.55. The molecule has 138 valence electrons. The molecule has 0 fully saturated rings. The number of rotatable bonds is 8. The molecule has 0 bridgehead atoms. The predicted molar refractivity (Wildman–Crippen MR) is 104 cm³/mol. The summed E-state index contributed by atoms with van der Waals surface area (Å²) in [6.45, 7) is 0.529. The average Bonchev–Trinajstić information content (AvgIpc) is 2.67. The number of halogens is 1. The minimum absolute atomic E-state index is 0.529. The third-order valence-corrected chi connectivity index (χ3v) is 4.39. The smallest absolute Gasteiger partial charge is 0.427 e. The molecule has 0 saturated carbocycles. The van der Waals surface area contributed by atoms with Gasteiger partial charge in [-0.05, 0) is 48.0 Å². The van der Waals surface area contributed by atoms with E-state index in [2.05, 4.69) is 15.3 Å². The van der Waals surface area contributed by atoms with E-state index >= 15 is 0 Å². The summed E-state index contributed by atoms with van der Waals surface area (Å²) in [6.07, 6.45) is 0.853. The second kappa shape index (κ2) is 10.6. The van der Waals surface area contributed by atoms with Crippen LogP contribution in [0.4, 0.5) is 4.79 Å². The lowest BCUT2D eigenvalue weighted by Crippen LogP contribution is -2.16. The first-order valence-corrected chi connectivity index (χ1v) is 9.05. The Kier molecular flexibility index (Phi) is 8.11. The molecule has 0 aliphatic heterocycles. The molecule has 8 heteroatoms. The van der Waals surface area contributed by atoms with Gasteiger partial charge in [-0.3, -0.25) is 0 Å².